The van der Waals surface area contributed by atoms with E-state index >= 15 is 0 Å². The Balaban J connectivity index is 1.76. The number of pyridine rings is 2. The van der Waals surface area contributed by atoms with Gasteiger partial charge in [-0.05, 0) is 44.0 Å². The second-order valence-electron chi connectivity index (χ2n) is 7.43. The van der Waals surface area contributed by atoms with Crippen molar-refractivity contribution < 1.29 is 13.2 Å². The summed E-state index contributed by atoms with van der Waals surface area (Å²) in [5, 5.41) is 8.64. The smallest absolute Gasteiger partial charge is 0.308 e. The van der Waals surface area contributed by atoms with Gasteiger partial charge in [0.2, 0.25) is 0 Å². The van der Waals surface area contributed by atoms with Crippen molar-refractivity contribution in [3.8, 4) is 17.1 Å². The van der Waals surface area contributed by atoms with E-state index in [9.17, 15) is 13.2 Å². The van der Waals surface area contributed by atoms with Gasteiger partial charge >= 0.3 is 6.18 Å². The van der Waals surface area contributed by atoms with Crippen LogP contribution in [-0.2, 0) is 12.7 Å². The Bertz CT molecular complexity index is 1020. The topological polar surface area (TPSA) is 55.6 Å². The number of hydrogen-bond acceptors (Lipinski definition) is 4. The molecule has 1 saturated carbocycles. The number of nitrogens with zero attached hydrogens (tertiary/aromatic N) is 4. The fourth-order valence-corrected chi connectivity index (χ4v) is 4.01. The van der Waals surface area contributed by atoms with Crippen LogP contribution >= 0.6 is 11.6 Å². The predicted molar refractivity (Wildman–Crippen MR) is 108 cm³/mol. The molecule has 0 saturated heterocycles. The van der Waals surface area contributed by atoms with Crippen molar-refractivity contribution in [1.29, 1.82) is 0 Å². The monoisotopic (exact) mass is 435 g/mol. The SMILES string of the molecule is Cc1c(CNC2CCCC2)nn(-c2ncccc2Cl)c1-c1ccc(C(F)(F)F)nc1. The molecule has 4 rings (SSSR count). The predicted octanol–water partition coefficient (Wildman–Crippen LogP) is 5.34. The van der Waals surface area contributed by atoms with Gasteiger partial charge in [-0.25, -0.2) is 9.67 Å². The molecule has 1 aliphatic rings. The molecule has 0 spiro atoms. The van der Waals surface area contributed by atoms with E-state index in [1.807, 2.05) is 6.92 Å². The maximum absolute atomic E-state index is 12.9. The van der Waals surface area contributed by atoms with Gasteiger partial charge in [0.15, 0.2) is 5.82 Å². The van der Waals surface area contributed by atoms with Crippen LogP contribution in [-0.4, -0.2) is 25.8 Å². The van der Waals surface area contributed by atoms with Gasteiger partial charge in [0.1, 0.15) is 5.69 Å². The lowest BCUT2D eigenvalue weighted by Gasteiger charge is -2.11. The van der Waals surface area contributed by atoms with E-state index in [0.29, 0.717) is 34.7 Å². The first-order valence-corrected chi connectivity index (χ1v) is 10.2. The summed E-state index contributed by atoms with van der Waals surface area (Å²) in [7, 11) is 0. The zero-order valence-electron chi connectivity index (χ0n) is 16.4. The number of halogens is 4. The highest BCUT2D eigenvalue weighted by Gasteiger charge is 2.32. The van der Waals surface area contributed by atoms with E-state index in [1.165, 1.54) is 25.1 Å². The average molecular weight is 436 g/mol. The molecule has 0 aliphatic heterocycles. The first kappa shape index (κ1) is 20.8. The standard InChI is InChI=1S/C21H21ClF3N5/c1-13-17(12-27-15-5-2-3-6-15)29-30(20-16(22)7-4-10-26-20)19(13)14-8-9-18(28-11-14)21(23,24)25/h4,7-11,15,27H,2-3,5-6,12H2,1H3. The quantitative estimate of drug-likeness (QED) is 0.587. The minimum atomic E-state index is -4.49. The number of alkyl halides is 3. The van der Waals surface area contributed by atoms with Crippen molar-refractivity contribution in [3.05, 3.63) is 58.6 Å². The molecule has 1 fully saturated rings. The lowest BCUT2D eigenvalue weighted by Crippen LogP contribution is -2.25. The van der Waals surface area contributed by atoms with Crippen LogP contribution in [0.25, 0.3) is 17.1 Å². The largest absolute Gasteiger partial charge is 0.433 e. The third kappa shape index (κ3) is 4.20. The fraction of sp³-hybridized carbons (Fsp3) is 0.381. The number of rotatable bonds is 5. The van der Waals surface area contributed by atoms with Gasteiger partial charge in [0.05, 0.1) is 16.4 Å². The minimum absolute atomic E-state index is 0.399. The van der Waals surface area contributed by atoms with Crippen LogP contribution in [0.3, 0.4) is 0 Å². The first-order chi connectivity index (χ1) is 14.3. The van der Waals surface area contributed by atoms with E-state index in [4.69, 9.17) is 16.7 Å². The van der Waals surface area contributed by atoms with Crippen molar-refractivity contribution in [2.45, 2.75) is 51.4 Å². The van der Waals surface area contributed by atoms with Crippen LogP contribution in [0.15, 0.2) is 36.7 Å². The molecule has 0 unspecified atom stereocenters. The molecule has 9 heteroatoms. The average Bonchev–Trinajstić information content (AvgIpc) is 3.34. The molecule has 0 amide bonds. The summed E-state index contributed by atoms with van der Waals surface area (Å²) in [6.07, 6.45) is 3.05. The highest BCUT2D eigenvalue weighted by atomic mass is 35.5. The minimum Gasteiger partial charge on any atom is -0.308 e. The molecule has 3 aromatic heterocycles. The Hall–Kier alpha value is -2.45. The normalized spacial score (nSPS) is 15.1. The Kier molecular flexibility index (Phi) is 5.79. The molecule has 0 bridgehead atoms. The van der Waals surface area contributed by atoms with Crippen LogP contribution in [0.2, 0.25) is 5.02 Å². The Morgan fingerprint density at radius 3 is 2.57 bits per heavy atom. The maximum Gasteiger partial charge on any atom is 0.433 e. The zero-order valence-corrected chi connectivity index (χ0v) is 17.1. The van der Waals surface area contributed by atoms with Gasteiger partial charge in [-0.2, -0.15) is 18.3 Å². The third-order valence-corrected chi connectivity index (χ3v) is 5.70. The molecular weight excluding hydrogens is 415 g/mol. The molecule has 0 radical (unpaired) electrons. The first-order valence-electron chi connectivity index (χ1n) is 9.81. The number of hydrogen-bond donors (Lipinski definition) is 1. The molecule has 30 heavy (non-hydrogen) atoms. The van der Waals surface area contributed by atoms with Crippen molar-refractivity contribution in [1.82, 2.24) is 25.1 Å². The Morgan fingerprint density at radius 1 is 1.17 bits per heavy atom. The van der Waals surface area contributed by atoms with Crippen LogP contribution in [0.4, 0.5) is 13.2 Å². The molecule has 3 aromatic rings. The molecule has 1 N–H and O–H groups in total. The molecule has 5 nitrogen and oxygen atoms in total. The summed E-state index contributed by atoms with van der Waals surface area (Å²) in [5.74, 6) is 0.421. The van der Waals surface area contributed by atoms with E-state index < -0.39 is 11.9 Å². The van der Waals surface area contributed by atoms with Gasteiger partial charge in [0, 0.05) is 36.1 Å². The highest BCUT2D eigenvalue weighted by molar-refractivity contribution is 6.32. The van der Waals surface area contributed by atoms with Crippen LogP contribution in [0, 0.1) is 6.92 Å². The summed E-state index contributed by atoms with van der Waals surface area (Å²) in [6.45, 7) is 2.47. The number of nitrogens with one attached hydrogen (secondary N) is 1. The molecule has 3 heterocycles. The number of aromatic nitrogens is 4. The highest BCUT2D eigenvalue weighted by Crippen LogP contribution is 2.33. The van der Waals surface area contributed by atoms with Gasteiger partial charge in [-0.3, -0.25) is 4.98 Å². The van der Waals surface area contributed by atoms with Crippen LogP contribution in [0.5, 0.6) is 0 Å². The van der Waals surface area contributed by atoms with Crippen molar-refractivity contribution in [2.75, 3.05) is 0 Å². The lowest BCUT2D eigenvalue weighted by molar-refractivity contribution is -0.141. The van der Waals surface area contributed by atoms with Crippen LogP contribution < -0.4 is 5.32 Å². The van der Waals surface area contributed by atoms with Gasteiger partial charge in [0.25, 0.3) is 0 Å². The third-order valence-electron chi connectivity index (χ3n) is 5.40. The van der Waals surface area contributed by atoms with Gasteiger partial charge in [-0.1, -0.05) is 24.4 Å². The molecule has 1 aliphatic carbocycles. The summed E-state index contributed by atoms with van der Waals surface area (Å²) >= 11 is 6.34. The molecule has 0 atom stereocenters. The van der Waals surface area contributed by atoms with E-state index in [0.717, 1.165) is 30.2 Å². The lowest BCUT2D eigenvalue weighted by atomic mass is 10.1. The zero-order chi connectivity index (χ0) is 21.3. The summed E-state index contributed by atoms with van der Waals surface area (Å²) in [5.41, 5.74) is 1.86. The van der Waals surface area contributed by atoms with Crippen molar-refractivity contribution in [3.63, 3.8) is 0 Å². The summed E-state index contributed by atoms with van der Waals surface area (Å²) in [6, 6.07) is 6.25. The van der Waals surface area contributed by atoms with E-state index in [-0.39, 0.29) is 0 Å². The summed E-state index contributed by atoms with van der Waals surface area (Å²) < 4.78 is 40.4. The van der Waals surface area contributed by atoms with Gasteiger partial charge < -0.3 is 5.32 Å². The Labute approximate surface area is 177 Å². The van der Waals surface area contributed by atoms with Crippen molar-refractivity contribution in [2.24, 2.45) is 0 Å². The molecule has 158 valence electrons. The molecule has 0 aromatic carbocycles. The van der Waals surface area contributed by atoms with E-state index in [2.05, 4.69) is 15.3 Å². The van der Waals surface area contributed by atoms with Crippen molar-refractivity contribution >= 4 is 11.6 Å². The Morgan fingerprint density at radius 2 is 1.93 bits per heavy atom. The van der Waals surface area contributed by atoms with Crippen LogP contribution in [0.1, 0.15) is 42.6 Å². The second kappa shape index (κ2) is 8.35. The van der Waals surface area contributed by atoms with E-state index in [1.54, 1.807) is 23.0 Å². The maximum atomic E-state index is 12.9. The molecular formula is C21H21ClF3N5. The second-order valence-corrected chi connectivity index (χ2v) is 7.84. The fourth-order valence-electron chi connectivity index (χ4n) is 3.81. The van der Waals surface area contributed by atoms with Gasteiger partial charge in [-0.15, -0.1) is 0 Å². The summed E-state index contributed by atoms with van der Waals surface area (Å²) in [4.78, 5) is 7.94.